The fourth-order valence-electron chi connectivity index (χ4n) is 4.09. The second kappa shape index (κ2) is 2.71. The van der Waals surface area contributed by atoms with Gasteiger partial charge in [0, 0.05) is 0 Å². The Hall–Kier alpha value is -0.0800. The van der Waals surface area contributed by atoms with Crippen LogP contribution >= 0.6 is 0 Å². The maximum absolute atomic E-state index is 5.99. The first-order valence-corrected chi connectivity index (χ1v) is 5.48. The van der Waals surface area contributed by atoms with Gasteiger partial charge in [-0.1, -0.05) is 13.8 Å². The van der Waals surface area contributed by atoms with Gasteiger partial charge in [-0.25, -0.2) is 0 Å². The van der Waals surface area contributed by atoms with Crippen LogP contribution in [-0.2, 0) is 0 Å². The molecule has 0 aliphatic heterocycles. The Morgan fingerprint density at radius 2 is 2.00 bits per heavy atom. The molecule has 0 amide bonds. The molecule has 0 heterocycles. The predicted octanol–water partition coefficient (Wildman–Crippen LogP) is 1.35. The third-order valence-corrected chi connectivity index (χ3v) is 5.24. The van der Waals surface area contributed by atoms with Crippen LogP contribution in [0.2, 0.25) is 0 Å². The Bertz CT molecular complexity index is 212. The molecule has 0 radical (unpaired) electrons. The van der Waals surface area contributed by atoms with E-state index < -0.39 is 0 Å². The van der Waals surface area contributed by atoms with Crippen molar-refractivity contribution in [1.82, 2.24) is 0 Å². The molecule has 2 aliphatic carbocycles. The molecule has 13 heavy (non-hydrogen) atoms. The summed E-state index contributed by atoms with van der Waals surface area (Å²) >= 11 is 0. The van der Waals surface area contributed by atoms with Crippen molar-refractivity contribution >= 4 is 0 Å². The van der Waals surface area contributed by atoms with Gasteiger partial charge < -0.3 is 11.5 Å². The predicted molar refractivity (Wildman–Crippen MR) is 55.2 cm³/mol. The molecule has 76 valence electrons. The van der Waals surface area contributed by atoms with Crippen LogP contribution in [0.1, 0.15) is 33.1 Å². The average Bonchev–Trinajstić information content (AvgIpc) is 2.50. The lowest BCUT2D eigenvalue weighted by molar-refractivity contribution is 0.0930. The number of nitrogens with two attached hydrogens (primary N) is 2. The second-order valence-corrected chi connectivity index (χ2v) is 5.49. The monoisotopic (exact) mass is 182 g/mol. The van der Waals surface area contributed by atoms with E-state index in [4.69, 9.17) is 11.5 Å². The van der Waals surface area contributed by atoms with Crippen molar-refractivity contribution in [3.63, 3.8) is 0 Å². The molecule has 0 saturated heterocycles. The second-order valence-electron chi connectivity index (χ2n) is 5.49. The van der Waals surface area contributed by atoms with Crippen LogP contribution in [-0.4, -0.2) is 13.1 Å². The summed E-state index contributed by atoms with van der Waals surface area (Å²) in [6.07, 6.45) is 4.00. The topological polar surface area (TPSA) is 52.0 Å². The maximum atomic E-state index is 5.99. The van der Waals surface area contributed by atoms with Gasteiger partial charge in [-0.2, -0.15) is 0 Å². The molecule has 2 heteroatoms. The van der Waals surface area contributed by atoms with Gasteiger partial charge in [-0.15, -0.1) is 0 Å². The van der Waals surface area contributed by atoms with Gasteiger partial charge in [0.1, 0.15) is 0 Å². The standard InChI is InChI=1S/C11H22N2/c1-10(2)8-3-4-11(10,7-13)9(5-8)6-12/h8-9H,3-7,12-13H2,1-2H3. The van der Waals surface area contributed by atoms with Crippen LogP contribution in [0.5, 0.6) is 0 Å². The largest absolute Gasteiger partial charge is 0.330 e. The first-order chi connectivity index (χ1) is 6.08. The molecule has 2 aliphatic rings. The third-order valence-electron chi connectivity index (χ3n) is 5.24. The molecule has 2 nitrogen and oxygen atoms in total. The van der Waals surface area contributed by atoms with Gasteiger partial charge in [-0.3, -0.25) is 0 Å². The van der Waals surface area contributed by atoms with Crippen molar-refractivity contribution in [3.8, 4) is 0 Å². The first kappa shape index (κ1) is 9.47. The lowest BCUT2D eigenvalue weighted by Crippen LogP contribution is -2.44. The van der Waals surface area contributed by atoms with Crippen molar-refractivity contribution in [2.24, 2.45) is 34.1 Å². The van der Waals surface area contributed by atoms with Crippen LogP contribution in [0.25, 0.3) is 0 Å². The zero-order valence-electron chi connectivity index (χ0n) is 8.84. The van der Waals surface area contributed by atoms with Crippen molar-refractivity contribution in [2.75, 3.05) is 13.1 Å². The van der Waals surface area contributed by atoms with Gasteiger partial charge in [-0.05, 0) is 55.0 Å². The molecule has 0 aromatic heterocycles. The highest BCUT2D eigenvalue weighted by molar-refractivity contribution is 5.12. The Morgan fingerprint density at radius 1 is 1.31 bits per heavy atom. The van der Waals surface area contributed by atoms with E-state index in [0.29, 0.717) is 16.7 Å². The van der Waals surface area contributed by atoms with Crippen LogP contribution in [0.3, 0.4) is 0 Å². The molecule has 2 rings (SSSR count). The molecule has 0 aromatic rings. The van der Waals surface area contributed by atoms with Crippen molar-refractivity contribution in [3.05, 3.63) is 0 Å². The Labute approximate surface area is 81.1 Å². The molecule has 2 fully saturated rings. The van der Waals surface area contributed by atoms with Crippen LogP contribution < -0.4 is 11.5 Å². The molecule has 2 saturated carbocycles. The zero-order chi connectivity index (χ0) is 9.69. The quantitative estimate of drug-likeness (QED) is 0.677. The lowest BCUT2D eigenvalue weighted by atomic mass is 9.65. The lowest BCUT2D eigenvalue weighted by Gasteiger charge is -2.41. The summed E-state index contributed by atoms with van der Waals surface area (Å²) in [7, 11) is 0. The molecule has 3 unspecified atom stereocenters. The molecular formula is C11H22N2. The molecule has 2 bridgehead atoms. The van der Waals surface area contributed by atoms with E-state index in [1.165, 1.54) is 19.3 Å². The summed E-state index contributed by atoms with van der Waals surface area (Å²) in [5.41, 5.74) is 12.6. The maximum Gasteiger partial charge on any atom is -0.00122 e. The highest BCUT2D eigenvalue weighted by Crippen LogP contribution is 2.67. The highest BCUT2D eigenvalue weighted by Gasteiger charge is 2.62. The fourth-order valence-corrected chi connectivity index (χ4v) is 4.09. The smallest absolute Gasteiger partial charge is 0.00122 e. The van der Waals surface area contributed by atoms with E-state index in [0.717, 1.165) is 19.0 Å². The van der Waals surface area contributed by atoms with Crippen molar-refractivity contribution in [1.29, 1.82) is 0 Å². The minimum absolute atomic E-state index is 0.367. The Balaban J connectivity index is 2.35. The van der Waals surface area contributed by atoms with Gasteiger partial charge in [0.25, 0.3) is 0 Å². The van der Waals surface area contributed by atoms with Crippen LogP contribution in [0.4, 0.5) is 0 Å². The number of rotatable bonds is 2. The number of fused-ring (bicyclic) bond motifs is 2. The van der Waals surface area contributed by atoms with Crippen LogP contribution in [0.15, 0.2) is 0 Å². The summed E-state index contributed by atoms with van der Waals surface area (Å²) in [4.78, 5) is 0. The summed E-state index contributed by atoms with van der Waals surface area (Å²) in [5, 5.41) is 0. The summed E-state index contributed by atoms with van der Waals surface area (Å²) in [6.45, 7) is 6.45. The Morgan fingerprint density at radius 3 is 2.38 bits per heavy atom. The Kier molecular flexibility index (Phi) is 1.97. The summed E-state index contributed by atoms with van der Waals surface area (Å²) in [6, 6.07) is 0. The third kappa shape index (κ3) is 0.909. The molecule has 4 N–H and O–H groups in total. The van der Waals surface area contributed by atoms with E-state index in [-0.39, 0.29) is 0 Å². The SMILES string of the molecule is CC1(C)C2CCC1(CN)C(CN)C2. The van der Waals surface area contributed by atoms with E-state index in [2.05, 4.69) is 13.8 Å². The van der Waals surface area contributed by atoms with Gasteiger partial charge in [0.15, 0.2) is 0 Å². The number of hydrogen-bond donors (Lipinski definition) is 2. The van der Waals surface area contributed by atoms with E-state index in [9.17, 15) is 0 Å². The zero-order valence-corrected chi connectivity index (χ0v) is 8.84. The first-order valence-electron chi connectivity index (χ1n) is 5.48. The van der Waals surface area contributed by atoms with Gasteiger partial charge in [0.2, 0.25) is 0 Å². The average molecular weight is 182 g/mol. The minimum atomic E-state index is 0.367. The summed E-state index contributed by atoms with van der Waals surface area (Å²) < 4.78 is 0. The van der Waals surface area contributed by atoms with Crippen molar-refractivity contribution < 1.29 is 0 Å². The molecule has 3 atom stereocenters. The molecule has 0 spiro atoms. The minimum Gasteiger partial charge on any atom is -0.330 e. The molecule has 0 aromatic carbocycles. The normalized spacial score (nSPS) is 47.1. The number of hydrogen-bond acceptors (Lipinski definition) is 2. The highest BCUT2D eigenvalue weighted by atomic mass is 14.8. The fraction of sp³-hybridized carbons (Fsp3) is 1.00. The van der Waals surface area contributed by atoms with Gasteiger partial charge >= 0.3 is 0 Å². The van der Waals surface area contributed by atoms with E-state index in [1.54, 1.807) is 0 Å². The van der Waals surface area contributed by atoms with E-state index in [1.807, 2.05) is 0 Å². The summed E-state index contributed by atoms with van der Waals surface area (Å²) in [5.74, 6) is 1.57. The van der Waals surface area contributed by atoms with Crippen LogP contribution in [0, 0.1) is 22.7 Å². The molecular weight excluding hydrogens is 160 g/mol. The van der Waals surface area contributed by atoms with Gasteiger partial charge in [0.05, 0.1) is 0 Å². The van der Waals surface area contributed by atoms with E-state index >= 15 is 0 Å². The van der Waals surface area contributed by atoms with Crippen molar-refractivity contribution in [2.45, 2.75) is 33.1 Å².